The fraction of sp³-hybridized carbons (Fsp3) is 0.857. The number of carbonyl (C=O) groups is 2. The number of carbonyl (C=O) groups excluding carboxylic acids is 2. The van der Waals surface area contributed by atoms with Crippen LogP contribution in [0.25, 0.3) is 0 Å². The van der Waals surface area contributed by atoms with Gasteiger partial charge < -0.3 is 16.0 Å². The lowest BCUT2D eigenvalue weighted by atomic mass is 9.79. The summed E-state index contributed by atoms with van der Waals surface area (Å²) < 4.78 is 0. The molecule has 2 atom stereocenters. The van der Waals surface area contributed by atoms with Crippen LogP contribution in [0, 0.1) is 11.8 Å². The van der Waals surface area contributed by atoms with Crippen LogP contribution < -0.4 is 11.1 Å². The molecule has 0 bridgehead atoms. The highest BCUT2D eigenvalue weighted by Crippen LogP contribution is 2.30. The summed E-state index contributed by atoms with van der Waals surface area (Å²) in [6, 6.07) is 0. The van der Waals surface area contributed by atoms with Gasteiger partial charge in [-0.05, 0) is 38.6 Å². The predicted molar refractivity (Wildman–Crippen MR) is 75.4 cm³/mol. The molecule has 1 aliphatic rings. The first-order valence-corrected chi connectivity index (χ1v) is 7.30. The van der Waals surface area contributed by atoms with E-state index < -0.39 is 0 Å². The minimum atomic E-state index is -0.0369. The first-order valence-electron chi connectivity index (χ1n) is 7.30. The normalized spacial score (nSPS) is 22.9. The molecule has 0 aromatic heterocycles. The molecule has 1 saturated carbocycles. The first-order chi connectivity index (χ1) is 9.08. The van der Waals surface area contributed by atoms with E-state index in [1.807, 2.05) is 6.92 Å². The molecule has 110 valence electrons. The highest BCUT2D eigenvalue weighted by atomic mass is 16.2. The second kappa shape index (κ2) is 8.15. The quantitative estimate of drug-likeness (QED) is 0.746. The third-order valence-corrected chi connectivity index (χ3v) is 4.04. The number of hydrogen-bond acceptors (Lipinski definition) is 3. The summed E-state index contributed by atoms with van der Waals surface area (Å²) in [5, 5.41) is 2.77. The Morgan fingerprint density at radius 1 is 1.37 bits per heavy atom. The van der Waals surface area contributed by atoms with E-state index in [0.717, 1.165) is 25.7 Å². The summed E-state index contributed by atoms with van der Waals surface area (Å²) in [4.78, 5) is 25.3. The van der Waals surface area contributed by atoms with E-state index in [2.05, 4.69) is 5.32 Å². The Balaban J connectivity index is 2.34. The van der Waals surface area contributed by atoms with Crippen molar-refractivity contribution in [1.82, 2.24) is 10.2 Å². The van der Waals surface area contributed by atoms with Gasteiger partial charge in [0.05, 0.1) is 6.54 Å². The maximum Gasteiger partial charge on any atom is 0.241 e. The van der Waals surface area contributed by atoms with Crippen molar-refractivity contribution in [2.24, 2.45) is 17.6 Å². The van der Waals surface area contributed by atoms with Gasteiger partial charge in [0.2, 0.25) is 11.8 Å². The maximum atomic E-state index is 12.1. The van der Waals surface area contributed by atoms with Gasteiger partial charge in [-0.2, -0.15) is 0 Å². The lowest BCUT2D eigenvalue weighted by Crippen LogP contribution is -2.41. The fourth-order valence-corrected chi connectivity index (χ4v) is 2.65. The molecule has 19 heavy (non-hydrogen) atoms. The lowest BCUT2D eigenvalue weighted by Gasteiger charge is -2.28. The van der Waals surface area contributed by atoms with E-state index in [9.17, 15) is 9.59 Å². The van der Waals surface area contributed by atoms with Crippen molar-refractivity contribution in [1.29, 1.82) is 0 Å². The molecule has 2 amide bonds. The van der Waals surface area contributed by atoms with Crippen molar-refractivity contribution >= 4 is 11.8 Å². The summed E-state index contributed by atoms with van der Waals surface area (Å²) in [7, 11) is 1.74. The molecule has 1 fully saturated rings. The zero-order valence-corrected chi connectivity index (χ0v) is 12.2. The van der Waals surface area contributed by atoms with Crippen LogP contribution >= 0.6 is 0 Å². The van der Waals surface area contributed by atoms with Crippen molar-refractivity contribution in [3.63, 3.8) is 0 Å². The molecule has 5 heteroatoms. The van der Waals surface area contributed by atoms with Gasteiger partial charge in [-0.15, -0.1) is 0 Å². The Labute approximate surface area is 115 Å². The molecule has 0 heterocycles. The van der Waals surface area contributed by atoms with E-state index in [4.69, 9.17) is 5.73 Å². The van der Waals surface area contributed by atoms with Gasteiger partial charge in [0, 0.05) is 19.5 Å². The average molecular weight is 269 g/mol. The van der Waals surface area contributed by atoms with Crippen LogP contribution in [0.4, 0.5) is 0 Å². The van der Waals surface area contributed by atoms with Crippen molar-refractivity contribution in [2.45, 2.75) is 39.0 Å². The zero-order chi connectivity index (χ0) is 14.3. The van der Waals surface area contributed by atoms with E-state index in [-0.39, 0.29) is 24.3 Å². The molecule has 0 aromatic carbocycles. The van der Waals surface area contributed by atoms with Crippen molar-refractivity contribution < 1.29 is 9.59 Å². The summed E-state index contributed by atoms with van der Waals surface area (Å²) in [5.74, 6) is 0.623. The predicted octanol–water partition coefficient (Wildman–Crippen LogP) is 0.736. The summed E-state index contributed by atoms with van der Waals surface area (Å²) >= 11 is 0. The second-order valence-electron chi connectivity index (χ2n) is 5.43. The van der Waals surface area contributed by atoms with Crippen LogP contribution in [0.3, 0.4) is 0 Å². The monoisotopic (exact) mass is 269 g/mol. The Morgan fingerprint density at radius 2 is 2.11 bits per heavy atom. The molecule has 1 aliphatic carbocycles. The third kappa shape index (κ3) is 5.19. The van der Waals surface area contributed by atoms with Crippen LogP contribution in [0.2, 0.25) is 0 Å². The topological polar surface area (TPSA) is 75.4 Å². The number of amides is 2. The standard InChI is InChI=1S/C14H27N3O2/c1-3-17(2)13(18)10-16-14(19)12-6-4-5-11(9-12)7-8-15/h11-12H,3-10,15H2,1-2H3,(H,16,19). The van der Waals surface area contributed by atoms with E-state index in [1.165, 1.54) is 6.42 Å². The van der Waals surface area contributed by atoms with Crippen molar-refractivity contribution in [2.75, 3.05) is 26.7 Å². The van der Waals surface area contributed by atoms with Gasteiger partial charge in [-0.25, -0.2) is 0 Å². The number of rotatable bonds is 6. The molecule has 0 spiro atoms. The number of nitrogens with one attached hydrogen (secondary N) is 1. The minimum Gasteiger partial charge on any atom is -0.347 e. The SMILES string of the molecule is CCN(C)C(=O)CNC(=O)C1CCCC(CCN)C1. The highest BCUT2D eigenvalue weighted by Gasteiger charge is 2.27. The average Bonchev–Trinajstić information content (AvgIpc) is 2.44. The largest absolute Gasteiger partial charge is 0.347 e. The van der Waals surface area contributed by atoms with Crippen molar-refractivity contribution in [3.05, 3.63) is 0 Å². The molecule has 0 saturated heterocycles. The van der Waals surface area contributed by atoms with Crippen LogP contribution in [0.5, 0.6) is 0 Å². The first kappa shape index (κ1) is 16.0. The van der Waals surface area contributed by atoms with Crippen LogP contribution in [0.1, 0.15) is 39.0 Å². The molecule has 0 radical (unpaired) electrons. The summed E-state index contributed by atoms with van der Waals surface area (Å²) in [5.41, 5.74) is 5.58. The number of likely N-dealkylation sites (N-methyl/N-ethyl adjacent to an activating group) is 1. The fourth-order valence-electron chi connectivity index (χ4n) is 2.65. The van der Waals surface area contributed by atoms with E-state index >= 15 is 0 Å². The zero-order valence-electron chi connectivity index (χ0n) is 12.2. The minimum absolute atomic E-state index is 0.0274. The summed E-state index contributed by atoms with van der Waals surface area (Å²) in [6.07, 6.45) is 5.12. The molecule has 0 aliphatic heterocycles. The van der Waals surface area contributed by atoms with Crippen molar-refractivity contribution in [3.8, 4) is 0 Å². The highest BCUT2D eigenvalue weighted by molar-refractivity contribution is 5.85. The molecular formula is C14H27N3O2. The lowest BCUT2D eigenvalue weighted by molar-refractivity contribution is -0.133. The molecular weight excluding hydrogens is 242 g/mol. The Bertz CT molecular complexity index is 305. The van der Waals surface area contributed by atoms with Gasteiger partial charge in [-0.3, -0.25) is 9.59 Å². The van der Waals surface area contributed by atoms with Crippen LogP contribution in [-0.2, 0) is 9.59 Å². The Kier molecular flexibility index (Phi) is 6.84. The van der Waals surface area contributed by atoms with Gasteiger partial charge in [0.15, 0.2) is 0 Å². The molecule has 0 aromatic rings. The summed E-state index contributed by atoms with van der Waals surface area (Å²) in [6.45, 7) is 3.38. The van der Waals surface area contributed by atoms with E-state index in [1.54, 1.807) is 11.9 Å². The maximum absolute atomic E-state index is 12.1. The number of nitrogens with two attached hydrogens (primary N) is 1. The third-order valence-electron chi connectivity index (χ3n) is 4.04. The Hall–Kier alpha value is -1.10. The molecule has 5 nitrogen and oxygen atoms in total. The second-order valence-corrected chi connectivity index (χ2v) is 5.43. The van der Waals surface area contributed by atoms with Gasteiger partial charge >= 0.3 is 0 Å². The number of hydrogen-bond donors (Lipinski definition) is 2. The van der Waals surface area contributed by atoms with E-state index in [0.29, 0.717) is 19.0 Å². The smallest absolute Gasteiger partial charge is 0.241 e. The molecule has 1 rings (SSSR count). The Morgan fingerprint density at radius 3 is 2.74 bits per heavy atom. The van der Waals surface area contributed by atoms with Gasteiger partial charge in [0.25, 0.3) is 0 Å². The molecule has 2 unspecified atom stereocenters. The van der Waals surface area contributed by atoms with Gasteiger partial charge in [-0.1, -0.05) is 12.8 Å². The molecule has 3 N–H and O–H groups in total. The van der Waals surface area contributed by atoms with Crippen LogP contribution in [-0.4, -0.2) is 43.4 Å². The van der Waals surface area contributed by atoms with Gasteiger partial charge in [0.1, 0.15) is 0 Å². The van der Waals surface area contributed by atoms with Crippen LogP contribution in [0.15, 0.2) is 0 Å². The number of nitrogens with zero attached hydrogens (tertiary/aromatic N) is 1.